The number of nitrogens with zero attached hydrogens (tertiary/aromatic N) is 1. The van der Waals surface area contributed by atoms with E-state index in [1.165, 1.54) is 6.07 Å². The van der Waals surface area contributed by atoms with Crippen LogP contribution in [-0.4, -0.2) is 24.2 Å². The largest absolute Gasteiger partial charge is 0.478 e. The molecule has 0 aromatic heterocycles. The Morgan fingerprint density at radius 3 is 2.56 bits per heavy atom. The molecule has 0 unspecified atom stereocenters. The number of rotatable bonds is 2. The van der Waals surface area contributed by atoms with Crippen LogP contribution in [0.15, 0.2) is 18.2 Å². The minimum atomic E-state index is -1.20. The second-order valence-corrected chi connectivity index (χ2v) is 3.99. The summed E-state index contributed by atoms with van der Waals surface area (Å²) in [6, 6.07) is 4.43. The van der Waals surface area contributed by atoms with E-state index in [2.05, 4.69) is 0 Å². The third kappa shape index (κ3) is 2.01. The lowest BCUT2D eigenvalue weighted by molar-refractivity contribution is 0.0692. The molecule has 1 saturated heterocycles. The van der Waals surface area contributed by atoms with Crippen LogP contribution in [0.5, 0.6) is 0 Å². The number of hydrogen-bond donors (Lipinski definition) is 1. The van der Waals surface area contributed by atoms with Crippen molar-refractivity contribution in [3.05, 3.63) is 29.6 Å². The summed E-state index contributed by atoms with van der Waals surface area (Å²) < 4.78 is 13.4. The second-order valence-electron chi connectivity index (χ2n) is 3.99. The molecule has 3 nitrogen and oxygen atoms in total. The average molecular weight is 223 g/mol. The highest BCUT2D eigenvalue weighted by atomic mass is 19.1. The molecule has 0 atom stereocenters. The summed E-state index contributed by atoms with van der Waals surface area (Å²) in [6.45, 7) is 1.62. The van der Waals surface area contributed by atoms with E-state index in [0.717, 1.165) is 32.4 Å². The third-order valence-electron chi connectivity index (χ3n) is 2.90. The van der Waals surface area contributed by atoms with Crippen LogP contribution in [0.1, 0.15) is 29.6 Å². The molecule has 4 heteroatoms. The van der Waals surface area contributed by atoms with E-state index in [-0.39, 0.29) is 5.56 Å². The van der Waals surface area contributed by atoms with Crippen LogP contribution in [0.3, 0.4) is 0 Å². The topological polar surface area (TPSA) is 40.5 Å². The maximum Gasteiger partial charge on any atom is 0.340 e. The van der Waals surface area contributed by atoms with Crippen molar-refractivity contribution in [1.82, 2.24) is 0 Å². The number of piperidine rings is 1. The Hall–Kier alpha value is -1.58. The predicted molar refractivity (Wildman–Crippen MR) is 59.4 cm³/mol. The van der Waals surface area contributed by atoms with Gasteiger partial charge in [-0.15, -0.1) is 0 Å². The van der Waals surface area contributed by atoms with Crippen molar-refractivity contribution in [2.75, 3.05) is 18.0 Å². The lowest BCUT2D eigenvalue weighted by atomic mass is 10.1. The minimum absolute atomic E-state index is 0.204. The zero-order chi connectivity index (χ0) is 11.5. The lowest BCUT2D eigenvalue weighted by Gasteiger charge is -2.29. The van der Waals surface area contributed by atoms with Crippen LogP contribution in [0.4, 0.5) is 10.1 Å². The van der Waals surface area contributed by atoms with Crippen molar-refractivity contribution in [3.63, 3.8) is 0 Å². The van der Waals surface area contributed by atoms with Gasteiger partial charge in [0.1, 0.15) is 11.4 Å². The molecule has 1 heterocycles. The van der Waals surface area contributed by atoms with Crippen LogP contribution in [0, 0.1) is 5.82 Å². The molecule has 2 rings (SSSR count). The van der Waals surface area contributed by atoms with Crippen molar-refractivity contribution in [2.24, 2.45) is 0 Å². The highest BCUT2D eigenvalue weighted by Gasteiger charge is 2.21. The summed E-state index contributed by atoms with van der Waals surface area (Å²) in [5.74, 6) is -1.85. The quantitative estimate of drug-likeness (QED) is 0.837. The predicted octanol–water partition coefficient (Wildman–Crippen LogP) is 2.51. The molecular formula is C12H14FNO2. The number of carbonyl (C=O) groups is 1. The molecule has 0 saturated carbocycles. The number of carboxylic acids is 1. The first kappa shape index (κ1) is 10.9. The molecule has 0 aliphatic carbocycles. The Morgan fingerprint density at radius 1 is 1.25 bits per heavy atom. The Bertz CT molecular complexity index is 400. The number of carboxylic acid groups (broad SMARTS) is 1. The van der Waals surface area contributed by atoms with E-state index in [1.807, 2.05) is 4.90 Å². The number of hydrogen-bond acceptors (Lipinski definition) is 2. The summed E-state index contributed by atoms with van der Waals surface area (Å²) in [7, 11) is 0. The summed E-state index contributed by atoms with van der Waals surface area (Å²) in [5.41, 5.74) is 0.302. The standard InChI is InChI=1S/C12H14FNO2/c13-9-5-4-6-10(11(9)12(15)16)14-7-2-1-3-8-14/h4-6H,1-3,7-8H2,(H,15,16). The summed E-state index contributed by atoms with van der Waals surface area (Å²) in [4.78, 5) is 13.0. The van der Waals surface area contributed by atoms with Crippen LogP contribution < -0.4 is 4.90 Å². The monoisotopic (exact) mass is 223 g/mol. The van der Waals surface area contributed by atoms with Gasteiger partial charge in [-0.2, -0.15) is 0 Å². The van der Waals surface area contributed by atoms with E-state index < -0.39 is 11.8 Å². The highest BCUT2D eigenvalue weighted by molar-refractivity contribution is 5.94. The number of aromatic carboxylic acids is 1. The normalized spacial score (nSPS) is 16.2. The van der Waals surface area contributed by atoms with Crippen LogP contribution >= 0.6 is 0 Å². The molecule has 1 aliphatic heterocycles. The van der Waals surface area contributed by atoms with Crippen LogP contribution in [0.2, 0.25) is 0 Å². The Kier molecular flexibility index (Phi) is 3.08. The van der Waals surface area contributed by atoms with Gasteiger partial charge in [-0.1, -0.05) is 6.07 Å². The molecule has 86 valence electrons. The van der Waals surface area contributed by atoms with Gasteiger partial charge in [0.2, 0.25) is 0 Å². The molecule has 1 aromatic carbocycles. The molecule has 1 N–H and O–H groups in total. The van der Waals surface area contributed by atoms with Gasteiger partial charge >= 0.3 is 5.97 Å². The van der Waals surface area contributed by atoms with E-state index in [1.54, 1.807) is 12.1 Å². The van der Waals surface area contributed by atoms with Crippen molar-refractivity contribution < 1.29 is 14.3 Å². The SMILES string of the molecule is O=C(O)c1c(F)cccc1N1CCCCC1. The zero-order valence-corrected chi connectivity index (χ0v) is 8.95. The van der Waals surface area contributed by atoms with E-state index in [0.29, 0.717) is 5.69 Å². The lowest BCUT2D eigenvalue weighted by Crippen LogP contribution is -2.31. The molecular weight excluding hydrogens is 209 g/mol. The highest BCUT2D eigenvalue weighted by Crippen LogP contribution is 2.26. The fourth-order valence-electron chi connectivity index (χ4n) is 2.12. The van der Waals surface area contributed by atoms with Gasteiger partial charge in [-0.05, 0) is 31.4 Å². The first-order valence-corrected chi connectivity index (χ1v) is 5.47. The van der Waals surface area contributed by atoms with Crippen molar-refractivity contribution in [1.29, 1.82) is 0 Å². The maximum atomic E-state index is 13.4. The minimum Gasteiger partial charge on any atom is -0.478 e. The Labute approximate surface area is 93.5 Å². The summed E-state index contributed by atoms with van der Waals surface area (Å²) >= 11 is 0. The molecule has 1 aromatic rings. The molecule has 0 spiro atoms. The van der Waals surface area contributed by atoms with Gasteiger partial charge < -0.3 is 10.0 Å². The maximum absolute atomic E-state index is 13.4. The van der Waals surface area contributed by atoms with Crippen molar-refractivity contribution in [3.8, 4) is 0 Å². The number of benzene rings is 1. The second kappa shape index (κ2) is 4.51. The summed E-state index contributed by atoms with van der Waals surface area (Å²) in [6.07, 6.45) is 3.24. The molecule has 0 amide bonds. The zero-order valence-electron chi connectivity index (χ0n) is 8.95. The van der Waals surface area contributed by atoms with E-state index >= 15 is 0 Å². The number of anilines is 1. The van der Waals surface area contributed by atoms with Gasteiger partial charge in [0.05, 0.1) is 5.69 Å². The first-order valence-electron chi connectivity index (χ1n) is 5.47. The molecule has 0 bridgehead atoms. The third-order valence-corrected chi connectivity index (χ3v) is 2.90. The van der Waals surface area contributed by atoms with E-state index in [9.17, 15) is 9.18 Å². The molecule has 1 fully saturated rings. The fraction of sp³-hybridized carbons (Fsp3) is 0.417. The van der Waals surface area contributed by atoms with Crippen LogP contribution in [-0.2, 0) is 0 Å². The average Bonchev–Trinajstić information content (AvgIpc) is 2.29. The first-order chi connectivity index (χ1) is 7.70. The van der Waals surface area contributed by atoms with Gasteiger partial charge in [-0.3, -0.25) is 0 Å². The van der Waals surface area contributed by atoms with Gasteiger partial charge in [0.15, 0.2) is 0 Å². The van der Waals surface area contributed by atoms with Crippen molar-refractivity contribution >= 4 is 11.7 Å². The van der Waals surface area contributed by atoms with Gasteiger partial charge in [0, 0.05) is 13.1 Å². The summed E-state index contributed by atoms with van der Waals surface area (Å²) in [5, 5.41) is 9.01. The molecule has 0 radical (unpaired) electrons. The smallest absolute Gasteiger partial charge is 0.340 e. The molecule has 16 heavy (non-hydrogen) atoms. The van der Waals surface area contributed by atoms with Gasteiger partial charge in [0.25, 0.3) is 0 Å². The number of halogens is 1. The van der Waals surface area contributed by atoms with E-state index in [4.69, 9.17) is 5.11 Å². The Balaban J connectivity index is 2.38. The Morgan fingerprint density at radius 2 is 1.94 bits per heavy atom. The van der Waals surface area contributed by atoms with Gasteiger partial charge in [-0.25, -0.2) is 9.18 Å². The van der Waals surface area contributed by atoms with Crippen molar-refractivity contribution in [2.45, 2.75) is 19.3 Å². The molecule has 1 aliphatic rings. The fourth-order valence-corrected chi connectivity index (χ4v) is 2.12. The van der Waals surface area contributed by atoms with Crippen LogP contribution in [0.25, 0.3) is 0 Å².